The Balaban J connectivity index is 1.51. The number of anilines is 1. The zero-order valence-electron chi connectivity index (χ0n) is 16.5. The molecule has 0 aliphatic rings. The predicted molar refractivity (Wildman–Crippen MR) is 121 cm³/mol. The molecule has 4 nitrogen and oxygen atoms in total. The van der Waals surface area contributed by atoms with E-state index in [0.717, 1.165) is 34.7 Å². The van der Waals surface area contributed by atoms with Crippen LogP contribution in [0.15, 0.2) is 53.4 Å². The first-order valence-corrected chi connectivity index (χ1v) is 11.6. The topological polar surface area (TPSA) is 58.2 Å². The molecule has 0 aliphatic carbocycles. The van der Waals surface area contributed by atoms with Crippen LogP contribution < -0.4 is 10.6 Å². The molecule has 0 unspecified atom stereocenters. The van der Waals surface area contributed by atoms with Gasteiger partial charge in [0.1, 0.15) is 0 Å². The van der Waals surface area contributed by atoms with E-state index in [1.54, 1.807) is 23.5 Å². The third kappa shape index (κ3) is 8.40. The predicted octanol–water partition coefficient (Wildman–Crippen LogP) is 4.66. The maximum atomic E-state index is 12.1. The Morgan fingerprint density at radius 3 is 2.32 bits per heavy atom. The molecule has 0 fully saturated rings. The van der Waals surface area contributed by atoms with Crippen molar-refractivity contribution in [2.75, 3.05) is 29.1 Å². The molecule has 2 rings (SSSR count). The van der Waals surface area contributed by atoms with Crippen molar-refractivity contribution >= 4 is 41.0 Å². The average Bonchev–Trinajstić information content (AvgIpc) is 2.69. The molecule has 0 saturated heterocycles. The molecule has 0 spiro atoms. The van der Waals surface area contributed by atoms with Crippen LogP contribution in [0, 0.1) is 13.8 Å². The molecule has 2 aromatic rings. The van der Waals surface area contributed by atoms with Gasteiger partial charge < -0.3 is 10.6 Å². The monoisotopic (exact) mass is 416 g/mol. The van der Waals surface area contributed by atoms with Crippen molar-refractivity contribution in [1.29, 1.82) is 0 Å². The summed E-state index contributed by atoms with van der Waals surface area (Å²) < 4.78 is 0. The molecule has 0 saturated carbocycles. The minimum atomic E-state index is 0.0281. The number of rotatable bonds is 11. The first kappa shape index (κ1) is 22.4. The van der Waals surface area contributed by atoms with Crippen molar-refractivity contribution in [3.05, 3.63) is 59.7 Å². The summed E-state index contributed by atoms with van der Waals surface area (Å²) in [7, 11) is 0. The van der Waals surface area contributed by atoms with E-state index in [9.17, 15) is 9.59 Å². The van der Waals surface area contributed by atoms with Crippen LogP contribution in [0.5, 0.6) is 0 Å². The molecular weight excluding hydrogens is 388 g/mol. The van der Waals surface area contributed by atoms with E-state index in [-0.39, 0.29) is 11.8 Å². The number of aryl methyl sites for hydroxylation is 2. The normalized spacial score (nSPS) is 10.5. The summed E-state index contributed by atoms with van der Waals surface area (Å²) in [6.07, 6.45) is 1.23. The van der Waals surface area contributed by atoms with Gasteiger partial charge in [0.2, 0.25) is 11.8 Å². The van der Waals surface area contributed by atoms with Crippen LogP contribution in [-0.4, -0.2) is 35.6 Å². The highest BCUT2D eigenvalue weighted by Gasteiger charge is 2.07. The number of thioether (sulfide) groups is 2. The van der Waals surface area contributed by atoms with Gasteiger partial charge in [-0.2, -0.15) is 11.8 Å². The number of benzene rings is 2. The van der Waals surface area contributed by atoms with Crippen LogP contribution in [0.25, 0.3) is 0 Å². The Morgan fingerprint density at radius 2 is 1.61 bits per heavy atom. The number of hydrogen-bond acceptors (Lipinski definition) is 4. The van der Waals surface area contributed by atoms with Crippen LogP contribution >= 0.6 is 23.5 Å². The van der Waals surface area contributed by atoms with Crippen LogP contribution in [-0.2, 0) is 9.59 Å². The SMILES string of the molecule is Cc1cccc(C)c1NC(=O)CCCSCC(=O)NCCSc1ccccc1. The van der Waals surface area contributed by atoms with E-state index in [1.807, 2.05) is 50.2 Å². The van der Waals surface area contributed by atoms with Crippen LogP contribution in [0.2, 0.25) is 0 Å². The Labute approximate surface area is 176 Å². The zero-order valence-corrected chi connectivity index (χ0v) is 18.1. The van der Waals surface area contributed by atoms with Crippen molar-refractivity contribution in [2.45, 2.75) is 31.6 Å². The molecular formula is C22H28N2O2S2. The Morgan fingerprint density at radius 1 is 0.893 bits per heavy atom. The van der Waals surface area contributed by atoms with Gasteiger partial charge in [-0.3, -0.25) is 9.59 Å². The lowest BCUT2D eigenvalue weighted by atomic mass is 10.1. The van der Waals surface area contributed by atoms with Gasteiger partial charge in [-0.05, 0) is 49.3 Å². The first-order valence-electron chi connectivity index (χ1n) is 9.44. The second-order valence-corrected chi connectivity index (χ2v) is 8.76. The van der Waals surface area contributed by atoms with Gasteiger partial charge in [-0.25, -0.2) is 0 Å². The number of amides is 2. The Hall–Kier alpha value is -1.92. The molecule has 0 radical (unpaired) electrons. The summed E-state index contributed by atoms with van der Waals surface area (Å²) in [4.78, 5) is 25.2. The van der Waals surface area contributed by atoms with Crippen LogP contribution in [0.3, 0.4) is 0 Å². The highest BCUT2D eigenvalue weighted by atomic mass is 32.2. The molecule has 150 valence electrons. The lowest BCUT2D eigenvalue weighted by Gasteiger charge is -2.11. The van der Waals surface area contributed by atoms with E-state index in [4.69, 9.17) is 0 Å². The summed E-state index contributed by atoms with van der Waals surface area (Å²) >= 11 is 3.31. The van der Waals surface area contributed by atoms with Gasteiger partial charge >= 0.3 is 0 Å². The summed E-state index contributed by atoms with van der Waals surface area (Å²) in [5.41, 5.74) is 3.06. The fourth-order valence-corrected chi connectivity index (χ4v) is 4.21. The molecule has 0 heterocycles. The summed E-state index contributed by atoms with van der Waals surface area (Å²) in [5, 5.41) is 5.93. The number of carbonyl (C=O) groups is 2. The lowest BCUT2D eigenvalue weighted by molar-refractivity contribution is -0.118. The molecule has 2 amide bonds. The quantitative estimate of drug-likeness (QED) is 0.413. The maximum Gasteiger partial charge on any atom is 0.230 e. The molecule has 2 aromatic carbocycles. The van der Waals surface area contributed by atoms with Crippen molar-refractivity contribution < 1.29 is 9.59 Å². The summed E-state index contributed by atoms with van der Waals surface area (Å²) in [6.45, 7) is 4.65. The van der Waals surface area contributed by atoms with Crippen molar-refractivity contribution in [3.8, 4) is 0 Å². The van der Waals surface area contributed by atoms with Gasteiger partial charge in [0, 0.05) is 29.3 Å². The second-order valence-electron chi connectivity index (χ2n) is 6.48. The summed E-state index contributed by atoms with van der Waals surface area (Å²) in [5.74, 6) is 2.18. The van der Waals surface area contributed by atoms with Crippen molar-refractivity contribution in [3.63, 3.8) is 0 Å². The molecule has 6 heteroatoms. The molecule has 0 bridgehead atoms. The van der Waals surface area contributed by atoms with Gasteiger partial charge in [0.15, 0.2) is 0 Å². The van der Waals surface area contributed by atoms with Gasteiger partial charge in [0.05, 0.1) is 5.75 Å². The average molecular weight is 417 g/mol. The van der Waals surface area contributed by atoms with E-state index < -0.39 is 0 Å². The Bertz CT molecular complexity index is 746. The third-order valence-corrected chi connectivity index (χ3v) is 6.16. The lowest BCUT2D eigenvalue weighted by Crippen LogP contribution is -2.27. The van der Waals surface area contributed by atoms with Gasteiger partial charge in [-0.1, -0.05) is 36.4 Å². The summed E-state index contributed by atoms with van der Waals surface area (Å²) in [6, 6.07) is 16.1. The van der Waals surface area contributed by atoms with E-state index in [0.29, 0.717) is 18.7 Å². The van der Waals surface area contributed by atoms with Crippen LogP contribution in [0.1, 0.15) is 24.0 Å². The molecule has 0 aliphatic heterocycles. The minimum Gasteiger partial charge on any atom is -0.355 e. The third-order valence-electron chi connectivity index (χ3n) is 4.11. The van der Waals surface area contributed by atoms with Gasteiger partial charge in [0.25, 0.3) is 0 Å². The maximum absolute atomic E-state index is 12.1. The van der Waals surface area contributed by atoms with E-state index in [2.05, 4.69) is 22.8 Å². The second kappa shape index (κ2) is 12.5. The van der Waals surface area contributed by atoms with Gasteiger partial charge in [-0.15, -0.1) is 11.8 Å². The highest BCUT2D eigenvalue weighted by molar-refractivity contribution is 8.00. The fraction of sp³-hybridized carbons (Fsp3) is 0.364. The van der Waals surface area contributed by atoms with Crippen LogP contribution in [0.4, 0.5) is 5.69 Å². The van der Waals surface area contributed by atoms with Crippen molar-refractivity contribution in [1.82, 2.24) is 5.32 Å². The number of carbonyl (C=O) groups excluding carboxylic acids is 2. The number of nitrogens with one attached hydrogen (secondary N) is 2. The largest absolute Gasteiger partial charge is 0.355 e. The zero-order chi connectivity index (χ0) is 20.2. The van der Waals surface area contributed by atoms with E-state index in [1.165, 1.54) is 4.90 Å². The fourth-order valence-electron chi connectivity index (χ4n) is 2.64. The van der Waals surface area contributed by atoms with E-state index >= 15 is 0 Å². The highest BCUT2D eigenvalue weighted by Crippen LogP contribution is 2.20. The number of hydrogen-bond donors (Lipinski definition) is 2. The molecule has 2 N–H and O–H groups in total. The molecule has 28 heavy (non-hydrogen) atoms. The first-order chi connectivity index (χ1) is 13.6. The smallest absolute Gasteiger partial charge is 0.230 e. The van der Waals surface area contributed by atoms with Crippen molar-refractivity contribution in [2.24, 2.45) is 0 Å². The molecule has 0 atom stereocenters. The Kier molecular flexibility index (Phi) is 10.0. The minimum absolute atomic E-state index is 0.0281. The standard InChI is InChI=1S/C22H28N2O2S2/c1-17-8-6-9-18(2)22(17)24-20(25)12-7-14-27-16-21(26)23-13-15-28-19-10-4-3-5-11-19/h3-6,8-11H,7,12-16H2,1-2H3,(H,23,26)(H,24,25). The molecule has 0 aromatic heterocycles. The number of para-hydroxylation sites is 1.